The van der Waals surface area contributed by atoms with Crippen molar-refractivity contribution >= 4 is 0 Å². The Bertz CT molecular complexity index is 912. The second-order valence-electron chi connectivity index (χ2n) is 7.93. The molecule has 8 heteroatoms. The summed E-state index contributed by atoms with van der Waals surface area (Å²) in [5.74, 6) is 0.260. The standard InChI is InChI=1S/C22H30O8/c1-15(20-11-16(23)18(25)13-29-20)5-9-27-7-4-8-28-10-6-22(2,3)21-12-17(24)19(26)14-30-21/h11-15,25-26H,4-10H2,1-3H3. The van der Waals surface area contributed by atoms with Crippen molar-refractivity contribution in [3.63, 3.8) is 0 Å². The summed E-state index contributed by atoms with van der Waals surface area (Å²) in [7, 11) is 0. The lowest BCUT2D eigenvalue weighted by atomic mass is 9.86. The van der Waals surface area contributed by atoms with Crippen molar-refractivity contribution in [3.8, 4) is 11.5 Å². The zero-order valence-corrected chi connectivity index (χ0v) is 17.7. The maximum atomic E-state index is 11.6. The van der Waals surface area contributed by atoms with Gasteiger partial charge in [-0.05, 0) is 19.3 Å². The average molecular weight is 422 g/mol. The van der Waals surface area contributed by atoms with Gasteiger partial charge in [-0.15, -0.1) is 0 Å². The van der Waals surface area contributed by atoms with E-state index in [1.54, 1.807) is 0 Å². The molecule has 0 spiro atoms. The third-order valence-corrected chi connectivity index (χ3v) is 4.94. The molecular weight excluding hydrogens is 392 g/mol. The predicted octanol–water partition coefficient (Wildman–Crippen LogP) is 3.29. The summed E-state index contributed by atoms with van der Waals surface area (Å²) in [6.07, 6.45) is 4.23. The molecule has 0 aliphatic rings. The molecule has 1 unspecified atom stereocenters. The third-order valence-electron chi connectivity index (χ3n) is 4.94. The summed E-state index contributed by atoms with van der Waals surface area (Å²) in [4.78, 5) is 23.0. The van der Waals surface area contributed by atoms with Crippen molar-refractivity contribution in [1.29, 1.82) is 0 Å². The van der Waals surface area contributed by atoms with E-state index in [0.29, 0.717) is 50.8 Å². The van der Waals surface area contributed by atoms with Crippen LogP contribution in [0.1, 0.15) is 57.5 Å². The van der Waals surface area contributed by atoms with Crippen molar-refractivity contribution in [3.05, 3.63) is 56.6 Å². The zero-order valence-electron chi connectivity index (χ0n) is 17.7. The normalized spacial score (nSPS) is 12.8. The van der Waals surface area contributed by atoms with Crippen LogP contribution < -0.4 is 10.9 Å². The average Bonchev–Trinajstić information content (AvgIpc) is 2.70. The molecule has 2 rings (SSSR count). The van der Waals surface area contributed by atoms with Crippen LogP contribution >= 0.6 is 0 Å². The number of ether oxygens (including phenoxy) is 2. The summed E-state index contributed by atoms with van der Waals surface area (Å²) in [5, 5.41) is 18.5. The Morgan fingerprint density at radius 1 is 0.933 bits per heavy atom. The van der Waals surface area contributed by atoms with E-state index >= 15 is 0 Å². The molecule has 2 aromatic rings. The van der Waals surface area contributed by atoms with Crippen molar-refractivity contribution in [2.24, 2.45) is 0 Å². The quantitative estimate of drug-likeness (QED) is 0.500. The Morgan fingerprint density at radius 3 is 2.17 bits per heavy atom. The highest BCUT2D eigenvalue weighted by atomic mass is 16.5. The molecule has 30 heavy (non-hydrogen) atoms. The van der Waals surface area contributed by atoms with E-state index in [2.05, 4.69) is 0 Å². The van der Waals surface area contributed by atoms with Gasteiger partial charge in [0.1, 0.15) is 24.0 Å². The minimum Gasteiger partial charge on any atom is -0.502 e. The lowest BCUT2D eigenvalue weighted by Gasteiger charge is -2.23. The van der Waals surface area contributed by atoms with Crippen LogP contribution in [-0.4, -0.2) is 36.6 Å². The molecule has 0 aliphatic heterocycles. The smallest absolute Gasteiger partial charge is 0.226 e. The predicted molar refractivity (Wildman–Crippen MR) is 110 cm³/mol. The first kappa shape index (κ1) is 23.7. The molecule has 2 N–H and O–H groups in total. The van der Waals surface area contributed by atoms with Crippen molar-refractivity contribution in [2.45, 2.75) is 51.4 Å². The zero-order chi connectivity index (χ0) is 22.1. The lowest BCUT2D eigenvalue weighted by molar-refractivity contribution is 0.0722. The molecule has 166 valence electrons. The summed E-state index contributed by atoms with van der Waals surface area (Å²) >= 11 is 0. The molecule has 0 aliphatic carbocycles. The molecule has 0 aromatic carbocycles. The second kappa shape index (κ2) is 11.0. The van der Waals surface area contributed by atoms with E-state index in [0.717, 1.165) is 18.9 Å². The molecule has 0 bridgehead atoms. The highest BCUT2D eigenvalue weighted by Crippen LogP contribution is 2.26. The van der Waals surface area contributed by atoms with Gasteiger partial charge in [-0.2, -0.15) is 0 Å². The van der Waals surface area contributed by atoms with Gasteiger partial charge in [0, 0.05) is 49.9 Å². The number of rotatable bonds is 12. The number of hydrogen-bond acceptors (Lipinski definition) is 8. The van der Waals surface area contributed by atoms with Gasteiger partial charge in [-0.1, -0.05) is 20.8 Å². The van der Waals surface area contributed by atoms with Crippen molar-refractivity contribution in [1.82, 2.24) is 0 Å². The third kappa shape index (κ3) is 7.03. The van der Waals surface area contributed by atoms with Crippen molar-refractivity contribution < 1.29 is 28.5 Å². The van der Waals surface area contributed by atoms with Gasteiger partial charge in [0.15, 0.2) is 11.5 Å². The first-order valence-electron chi connectivity index (χ1n) is 10.00. The van der Waals surface area contributed by atoms with Crippen molar-refractivity contribution in [2.75, 3.05) is 26.4 Å². The molecule has 0 saturated carbocycles. The summed E-state index contributed by atoms with van der Waals surface area (Å²) < 4.78 is 21.8. The molecule has 0 amide bonds. The van der Waals surface area contributed by atoms with Crippen LogP contribution in [0.3, 0.4) is 0 Å². The van der Waals surface area contributed by atoms with Gasteiger partial charge in [-0.25, -0.2) is 0 Å². The van der Waals surface area contributed by atoms with Crippen LogP contribution in [0.2, 0.25) is 0 Å². The Morgan fingerprint density at radius 2 is 1.53 bits per heavy atom. The molecule has 8 nitrogen and oxygen atoms in total. The van der Waals surface area contributed by atoms with E-state index in [9.17, 15) is 19.8 Å². The van der Waals surface area contributed by atoms with Crippen LogP contribution in [0.15, 0.2) is 43.1 Å². The largest absolute Gasteiger partial charge is 0.502 e. The van der Waals surface area contributed by atoms with Gasteiger partial charge in [0.2, 0.25) is 10.9 Å². The Kier molecular flexibility index (Phi) is 8.68. The van der Waals surface area contributed by atoms with Gasteiger partial charge < -0.3 is 28.5 Å². The Hall–Kier alpha value is -2.58. The first-order chi connectivity index (χ1) is 14.2. The fourth-order valence-corrected chi connectivity index (χ4v) is 2.76. The molecule has 2 aromatic heterocycles. The molecule has 0 radical (unpaired) electrons. The number of aromatic hydroxyl groups is 2. The topological polar surface area (TPSA) is 119 Å². The van der Waals surface area contributed by atoms with Crippen LogP contribution in [0.25, 0.3) is 0 Å². The van der Waals surface area contributed by atoms with Crippen LogP contribution in [0, 0.1) is 0 Å². The fourth-order valence-electron chi connectivity index (χ4n) is 2.76. The van der Waals surface area contributed by atoms with Gasteiger partial charge in [0.25, 0.3) is 0 Å². The molecule has 0 fully saturated rings. The van der Waals surface area contributed by atoms with E-state index < -0.39 is 22.4 Å². The van der Waals surface area contributed by atoms with Crippen LogP contribution in [0.4, 0.5) is 0 Å². The molecule has 2 heterocycles. The van der Waals surface area contributed by atoms with E-state index in [4.69, 9.17) is 18.3 Å². The Labute approximate surface area is 175 Å². The maximum Gasteiger partial charge on any atom is 0.226 e. The van der Waals surface area contributed by atoms with Gasteiger partial charge in [0.05, 0.1) is 0 Å². The second-order valence-corrected chi connectivity index (χ2v) is 7.93. The summed E-state index contributed by atoms with van der Waals surface area (Å²) in [6, 6.07) is 2.62. The lowest BCUT2D eigenvalue weighted by Crippen LogP contribution is -2.21. The van der Waals surface area contributed by atoms with E-state index in [1.807, 2.05) is 20.8 Å². The summed E-state index contributed by atoms with van der Waals surface area (Å²) in [5.41, 5.74) is -1.29. The maximum absolute atomic E-state index is 11.6. The number of hydrogen-bond donors (Lipinski definition) is 2. The van der Waals surface area contributed by atoms with Crippen LogP contribution in [-0.2, 0) is 14.9 Å². The van der Waals surface area contributed by atoms with Crippen LogP contribution in [0.5, 0.6) is 11.5 Å². The fraction of sp³-hybridized carbons (Fsp3) is 0.545. The SMILES string of the molecule is CC(CCOCCCOCCC(C)(C)c1cc(=O)c(O)co1)c1cc(=O)c(O)co1. The minimum absolute atomic E-state index is 0.0109. The Balaban J connectivity index is 1.57. The van der Waals surface area contributed by atoms with Gasteiger partial charge in [-0.3, -0.25) is 9.59 Å². The van der Waals surface area contributed by atoms with E-state index in [-0.39, 0.29) is 11.3 Å². The highest BCUT2D eigenvalue weighted by molar-refractivity contribution is 5.19. The molecular formula is C22H30O8. The molecule has 1 atom stereocenters. The van der Waals surface area contributed by atoms with E-state index in [1.165, 1.54) is 12.1 Å². The molecule has 0 saturated heterocycles. The monoisotopic (exact) mass is 422 g/mol. The summed E-state index contributed by atoms with van der Waals surface area (Å²) in [6.45, 7) is 7.98. The minimum atomic E-state index is -0.454. The first-order valence-corrected chi connectivity index (χ1v) is 10.00. The highest BCUT2D eigenvalue weighted by Gasteiger charge is 2.24. The van der Waals surface area contributed by atoms with Gasteiger partial charge >= 0.3 is 0 Å².